The van der Waals surface area contributed by atoms with Crippen molar-refractivity contribution in [2.45, 2.75) is 43.3 Å². The lowest BCUT2D eigenvalue weighted by Gasteiger charge is -2.14. The molecule has 1 aromatic heterocycles. The van der Waals surface area contributed by atoms with E-state index in [2.05, 4.69) is 20.5 Å². The van der Waals surface area contributed by atoms with Gasteiger partial charge in [0, 0.05) is 5.92 Å². The van der Waals surface area contributed by atoms with Gasteiger partial charge in [-0.2, -0.15) is 13.2 Å². The molecule has 1 amide bonds. The van der Waals surface area contributed by atoms with Crippen molar-refractivity contribution in [1.82, 2.24) is 15.2 Å². The van der Waals surface area contributed by atoms with Gasteiger partial charge < -0.3 is 5.32 Å². The monoisotopic (exact) mass is 392 g/mol. The predicted octanol–water partition coefficient (Wildman–Crippen LogP) is 4.72. The second kappa shape index (κ2) is 7.65. The molecule has 0 bridgehead atoms. The van der Waals surface area contributed by atoms with Gasteiger partial charge in [-0.05, 0) is 25.1 Å². The molecular formula is C15H16ClF3N4OS. The van der Waals surface area contributed by atoms with Crippen molar-refractivity contribution in [2.75, 3.05) is 5.32 Å². The van der Waals surface area contributed by atoms with Crippen LogP contribution in [-0.4, -0.2) is 26.3 Å². The fourth-order valence-electron chi connectivity index (χ4n) is 1.81. The van der Waals surface area contributed by atoms with E-state index in [0.29, 0.717) is 11.0 Å². The van der Waals surface area contributed by atoms with Gasteiger partial charge in [-0.3, -0.25) is 9.89 Å². The number of nitrogens with one attached hydrogen (secondary N) is 2. The van der Waals surface area contributed by atoms with Crippen LogP contribution in [0.2, 0.25) is 5.02 Å². The molecular weight excluding hydrogens is 377 g/mol. The molecule has 2 rings (SSSR count). The number of carbonyl (C=O) groups excluding carboxylic acids is 1. The lowest BCUT2D eigenvalue weighted by Crippen LogP contribution is -2.23. The van der Waals surface area contributed by atoms with Crippen LogP contribution in [0.4, 0.5) is 18.9 Å². The number of H-pyrrole nitrogens is 1. The van der Waals surface area contributed by atoms with E-state index in [9.17, 15) is 18.0 Å². The van der Waals surface area contributed by atoms with Crippen LogP contribution in [0.1, 0.15) is 38.1 Å². The van der Waals surface area contributed by atoms with Gasteiger partial charge in [-0.25, -0.2) is 4.98 Å². The smallest absolute Gasteiger partial charge is 0.324 e. The molecule has 0 saturated carbocycles. The molecule has 25 heavy (non-hydrogen) atoms. The van der Waals surface area contributed by atoms with E-state index in [-0.39, 0.29) is 16.6 Å². The third-order valence-corrected chi connectivity index (χ3v) is 4.52. The molecule has 1 atom stereocenters. The Morgan fingerprint density at radius 2 is 2.00 bits per heavy atom. The van der Waals surface area contributed by atoms with Gasteiger partial charge in [-0.15, -0.1) is 5.10 Å². The van der Waals surface area contributed by atoms with E-state index < -0.39 is 22.9 Å². The lowest BCUT2D eigenvalue weighted by molar-refractivity contribution is -0.137. The number of aromatic amines is 1. The zero-order valence-electron chi connectivity index (χ0n) is 13.6. The highest BCUT2D eigenvalue weighted by atomic mass is 35.5. The first kappa shape index (κ1) is 19.6. The van der Waals surface area contributed by atoms with E-state index in [0.717, 1.165) is 30.0 Å². The first-order valence-corrected chi connectivity index (χ1v) is 8.60. The number of nitrogens with zero attached hydrogens (tertiary/aromatic N) is 2. The molecule has 1 heterocycles. The van der Waals surface area contributed by atoms with Crippen LogP contribution in [0.15, 0.2) is 23.4 Å². The summed E-state index contributed by atoms with van der Waals surface area (Å²) in [5, 5.41) is 8.98. The topological polar surface area (TPSA) is 70.7 Å². The Hall–Kier alpha value is -1.74. The zero-order chi connectivity index (χ0) is 18.8. The largest absolute Gasteiger partial charge is 0.416 e. The van der Waals surface area contributed by atoms with E-state index in [1.54, 1.807) is 6.92 Å². The lowest BCUT2D eigenvalue weighted by atomic mass is 10.2. The third-order valence-electron chi connectivity index (χ3n) is 3.23. The van der Waals surface area contributed by atoms with Crippen LogP contribution in [-0.2, 0) is 11.0 Å². The predicted molar refractivity (Wildman–Crippen MR) is 90.9 cm³/mol. The molecule has 0 fully saturated rings. The first-order valence-electron chi connectivity index (χ1n) is 7.34. The number of amides is 1. The van der Waals surface area contributed by atoms with Crippen molar-refractivity contribution in [2.24, 2.45) is 0 Å². The Balaban J connectivity index is 2.08. The Morgan fingerprint density at radius 3 is 2.56 bits per heavy atom. The summed E-state index contributed by atoms with van der Waals surface area (Å²) in [6.45, 7) is 5.49. The second-order valence-electron chi connectivity index (χ2n) is 5.60. The number of aromatic nitrogens is 3. The number of rotatable bonds is 5. The van der Waals surface area contributed by atoms with E-state index in [1.165, 1.54) is 0 Å². The fraction of sp³-hybridized carbons (Fsp3) is 0.400. The van der Waals surface area contributed by atoms with Crippen molar-refractivity contribution in [3.05, 3.63) is 34.6 Å². The Kier molecular flexibility index (Phi) is 5.99. The molecule has 136 valence electrons. The number of carbonyl (C=O) groups is 1. The fourth-order valence-corrected chi connectivity index (χ4v) is 2.71. The van der Waals surface area contributed by atoms with Gasteiger partial charge in [-0.1, -0.05) is 37.2 Å². The normalized spacial score (nSPS) is 13.1. The van der Waals surface area contributed by atoms with E-state index >= 15 is 0 Å². The highest BCUT2D eigenvalue weighted by Gasteiger charge is 2.31. The minimum absolute atomic E-state index is 0.0264. The molecule has 0 saturated heterocycles. The second-order valence-corrected chi connectivity index (χ2v) is 7.31. The summed E-state index contributed by atoms with van der Waals surface area (Å²) < 4.78 is 38.3. The molecule has 1 aromatic carbocycles. The van der Waals surface area contributed by atoms with Gasteiger partial charge in [0.2, 0.25) is 11.1 Å². The van der Waals surface area contributed by atoms with Crippen molar-refractivity contribution in [3.8, 4) is 0 Å². The summed E-state index contributed by atoms with van der Waals surface area (Å²) in [6.07, 6.45) is -4.52. The summed E-state index contributed by atoms with van der Waals surface area (Å²) in [5.74, 6) is 0.355. The summed E-state index contributed by atoms with van der Waals surface area (Å²) in [7, 11) is 0. The maximum Gasteiger partial charge on any atom is 0.416 e. The van der Waals surface area contributed by atoms with Gasteiger partial charge in [0.05, 0.1) is 21.5 Å². The Bertz CT molecular complexity index is 763. The van der Waals surface area contributed by atoms with Crippen LogP contribution in [0.25, 0.3) is 0 Å². The van der Waals surface area contributed by atoms with Gasteiger partial charge in [0.25, 0.3) is 0 Å². The molecule has 0 spiro atoms. The minimum atomic E-state index is -4.52. The molecule has 0 aliphatic heterocycles. The molecule has 0 aliphatic rings. The molecule has 2 N–H and O–H groups in total. The molecule has 5 nitrogen and oxygen atoms in total. The number of thioether (sulfide) groups is 1. The van der Waals surface area contributed by atoms with E-state index in [1.807, 2.05) is 13.8 Å². The zero-order valence-corrected chi connectivity index (χ0v) is 15.2. The highest BCUT2D eigenvalue weighted by Crippen LogP contribution is 2.34. The van der Waals surface area contributed by atoms with Crippen molar-refractivity contribution in [1.29, 1.82) is 0 Å². The molecule has 0 aliphatic carbocycles. The molecule has 0 radical (unpaired) electrons. The summed E-state index contributed by atoms with van der Waals surface area (Å²) in [6, 6.07) is 2.76. The van der Waals surface area contributed by atoms with Crippen LogP contribution < -0.4 is 5.32 Å². The van der Waals surface area contributed by atoms with Crippen LogP contribution in [0, 0.1) is 0 Å². The number of halogens is 4. The number of alkyl halides is 3. The summed E-state index contributed by atoms with van der Waals surface area (Å²) >= 11 is 6.97. The Morgan fingerprint density at radius 1 is 1.32 bits per heavy atom. The highest BCUT2D eigenvalue weighted by molar-refractivity contribution is 8.00. The van der Waals surface area contributed by atoms with Crippen LogP contribution >= 0.6 is 23.4 Å². The average molecular weight is 393 g/mol. The average Bonchev–Trinajstić information content (AvgIpc) is 2.97. The first-order chi connectivity index (χ1) is 11.6. The van der Waals surface area contributed by atoms with Crippen molar-refractivity contribution < 1.29 is 18.0 Å². The van der Waals surface area contributed by atoms with Crippen molar-refractivity contribution in [3.63, 3.8) is 0 Å². The van der Waals surface area contributed by atoms with Gasteiger partial charge in [0.1, 0.15) is 5.82 Å². The number of hydrogen-bond acceptors (Lipinski definition) is 4. The molecule has 2 aromatic rings. The van der Waals surface area contributed by atoms with E-state index in [4.69, 9.17) is 11.6 Å². The number of benzene rings is 1. The summed E-state index contributed by atoms with van der Waals surface area (Å²) in [5.41, 5.74) is -0.977. The maximum atomic E-state index is 12.8. The molecule has 1 unspecified atom stereocenters. The number of anilines is 1. The third kappa shape index (κ3) is 5.12. The Labute approximate surface area is 151 Å². The summed E-state index contributed by atoms with van der Waals surface area (Å²) in [4.78, 5) is 16.5. The molecule has 10 heteroatoms. The van der Waals surface area contributed by atoms with Crippen LogP contribution in [0.5, 0.6) is 0 Å². The quantitative estimate of drug-likeness (QED) is 0.722. The number of hydrogen-bond donors (Lipinski definition) is 2. The van der Waals surface area contributed by atoms with Crippen molar-refractivity contribution >= 4 is 35.0 Å². The maximum absolute atomic E-state index is 12.8. The minimum Gasteiger partial charge on any atom is -0.324 e. The standard InChI is InChI=1S/C15H16ClF3N4OS/c1-7(2)12-21-14(23-22-12)25-8(3)13(24)20-11-6-9(15(17,18)19)4-5-10(11)16/h4-8H,1-3H3,(H,20,24)(H,21,22,23). The van der Waals surface area contributed by atoms with Crippen LogP contribution in [0.3, 0.4) is 0 Å². The van der Waals surface area contributed by atoms with Gasteiger partial charge >= 0.3 is 6.18 Å². The SMILES string of the molecule is CC(Sc1n[nH]c(C(C)C)n1)C(=O)Nc1cc(C(F)(F)F)ccc1Cl. The van der Waals surface area contributed by atoms with Gasteiger partial charge in [0.15, 0.2) is 0 Å².